The number of piperidine rings is 1. The van der Waals surface area contributed by atoms with Crippen LogP contribution in [0.2, 0.25) is 0 Å². The van der Waals surface area contributed by atoms with Crippen molar-refractivity contribution < 1.29 is 17.9 Å². The highest BCUT2D eigenvalue weighted by atomic mass is 32.2. The molecule has 5 rings (SSSR count). The van der Waals surface area contributed by atoms with Gasteiger partial charge in [-0.3, -0.25) is 4.79 Å². The number of carbonyl (C=O) groups excluding carboxylic acids is 1. The summed E-state index contributed by atoms with van der Waals surface area (Å²) in [5.74, 6) is 0.627. The predicted molar refractivity (Wildman–Crippen MR) is 133 cm³/mol. The van der Waals surface area contributed by atoms with Crippen LogP contribution in [0.15, 0.2) is 83.8 Å². The topological polar surface area (TPSA) is 75.7 Å². The van der Waals surface area contributed by atoms with E-state index in [1.165, 1.54) is 23.4 Å². The zero-order chi connectivity index (χ0) is 23.8. The quantitative estimate of drug-likeness (QED) is 0.581. The summed E-state index contributed by atoms with van der Waals surface area (Å²) in [6, 6.07) is 22.7. The summed E-state index contributed by atoms with van der Waals surface area (Å²) < 4.78 is 34.2. The molecule has 0 atom stereocenters. The zero-order valence-corrected chi connectivity index (χ0v) is 19.7. The highest BCUT2D eigenvalue weighted by molar-refractivity contribution is 7.89. The Morgan fingerprint density at radius 3 is 2.32 bits per heavy atom. The van der Waals surface area contributed by atoms with Crippen molar-refractivity contribution in [1.29, 1.82) is 0 Å². The first-order valence-corrected chi connectivity index (χ1v) is 12.7. The average molecular weight is 475 g/mol. The number of carbonyl (C=O) groups is 1. The fraction of sp³-hybridized carbons (Fsp3) is 0.222. The van der Waals surface area contributed by atoms with Gasteiger partial charge in [-0.25, -0.2) is 8.42 Å². The van der Waals surface area contributed by atoms with Gasteiger partial charge >= 0.3 is 0 Å². The third-order valence-corrected chi connectivity index (χ3v) is 8.29. The Morgan fingerprint density at radius 1 is 0.941 bits per heavy atom. The molecule has 0 aliphatic carbocycles. The third kappa shape index (κ3) is 4.36. The predicted octanol–water partition coefficient (Wildman–Crippen LogP) is 4.94. The van der Waals surface area contributed by atoms with Crippen molar-refractivity contribution in [2.75, 3.05) is 18.4 Å². The molecule has 3 aromatic rings. The van der Waals surface area contributed by atoms with Crippen LogP contribution < -0.4 is 10.1 Å². The van der Waals surface area contributed by atoms with Crippen LogP contribution in [0.3, 0.4) is 0 Å². The summed E-state index contributed by atoms with van der Waals surface area (Å²) in [7, 11) is -3.62. The number of hydrogen-bond donors (Lipinski definition) is 1. The molecular weight excluding hydrogens is 448 g/mol. The second-order valence-electron chi connectivity index (χ2n) is 8.73. The minimum Gasteiger partial charge on any atom is -0.482 e. The van der Waals surface area contributed by atoms with E-state index in [-0.39, 0.29) is 10.8 Å². The molecule has 2 aliphatic heterocycles. The molecule has 1 N–H and O–H groups in total. The normalized spacial score (nSPS) is 17.1. The number of anilines is 1. The number of nitrogens with one attached hydrogen (secondary N) is 1. The summed E-state index contributed by atoms with van der Waals surface area (Å²) in [4.78, 5) is 11.4. The highest BCUT2D eigenvalue weighted by Gasteiger charge is 2.40. The molecule has 1 spiro atoms. The molecule has 1 fully saturated rings. The number of sulfonamides is 1. The maximum atomic E-state index is 13.1. The Morgan fingerprint density at radius 2 is 1.65 bits per heavy atom. The van der Waals surface area contributed by atoms with E-state index in [0.29, 0.717) is 31.6 Å². The van der Waals surface area contributed by atoms with E-state index in [1.807, 2.05) is 24.3 Å². The van der Waals surface area contributed by atoms with Crippen LogP contribution in [0.5, 0.6) is 5.75 Å². The van der Waals surface area contributed by atoms with Gasteiger partial charge in [-0.05, 0) is 53.6 Å². The largest absolute Gasteiger partial charge is 0.482 e. The van der Waals surface area contributed by atoms with Gasteiger partial charge in [0.25, 0.3) is 0 Å². The van der Waals surface area contributed by atoms with E-state index >= 15 is 0 Å². The van der Waals surface area contributed by atoms with Crippen LogP contribution in [-0.2, 0) is 14.8 Å². The van der Waals surface area contributed by atoms with Crippen molar-refractivity contribution in [1.82, 2.24) is 4.31 Å². The van der Waals surface area contributed by atoms with E-state index < -0.39 is 15.6 Å². The molecule has 3 aromatic carbocycles. The molecule has 0 unspecified atom stereocenters. The lowest BCUT2D eigenvalue weighted by Gasteiger charge is -2.41. The van der Waals surface area contributed by atoms with Gasteiger partial charge in [-0.15, -0.1) is 0 Å². The van der Waals surface area contributed by atoms with Gasteiger partial charge in [0, 0.05) is 44.1 Å². The number of rotatable bonds is 4. The monoisotopic (exact) mass is 474 g/mol. The van der Waals surface area contributed by atoms with Crippen LogP contribution >= 0.6 is 0 Å². The Labute approximate surface area is 199 Å². The Bertz CT molecular complexity index is 1340. The number of ether oxygens (including phenoxy) is 1. The van der Waals surface area contributed by atoms with Gasteiger partial charge in [0.15, 0.2) is 0 Å². The van der Waals surface area contributed by atoms with E-state index in [2.05, 4.69) is 41.7 Å². The van der Waals surface area contributed by atoms with Gasteiger partial charge in [-0.1, -0.05) is 42.5 Å². The van der Waals surface area contributed by atoms with Crippen LogP contribution in [0.25, 0.3) is 17.2 Å². The molecule has 0 aromatic heterocycles. The molecule has 0 saturated carbocycles. The first-order chi connectivity index (χ1) is 16.3. The molecule has 0 radical (unpaired) electrons. The standard InChI is InChI=1S/C27H26N2O4S/c1-20(30)28-24-8-10-25(11-9-24)34(31,32)29-17-15-27(16-18-29)14-13-23-19-22(7-12-26(23)33-27)21-5-3-2-4-6-21/h2-14,19H,15-18H2,1H3,(H,28,30). The van der Waals surface area contributed by atoms with Crippen molar-refractivity contribution in [3.8, 4) is 16.9 Å². The summed E-state index contributed by atoms with van der Waals surface area (Å²) in [6.45, 7) is 2.16. The first-order valence-electron chi connectivity index (χ1n) is 11.3. The summed E-state index contributed by atoms with van der Waals surface area (Å²) in [5.41, 5.74) is 3.39. The Balaban J connectivity index is 1.28. The molecule has 1 amide bonds. The van der Waals surface area contributed by atoms with Gasteiger partial charge in [-0.2, -0.15) is 4.31 Å². The third-order valence-electron chi connectivity index (χ3n) is 6.38. The molecule has 2 aliphatic rings. The van der Waals surface area contributed by atoms with Gasteiger partial charge in [0.05, 0.1) is 4.90 Å². The smallest absolute Gasteiger partial charge is 0.243 e. The fourth-order valence-electron chi connectivity index (χ4n) is 4.51. The van der Waals surface area contributed by atoms with Gasteiger partial charge in [0.2, 0.25) is 15.9 Å². The van der Waals surface area contributed by atoms with Crippen molar-refractivity contribution >= 4 is 27.7 Å². The van der Waals surface area contributed by atoms with Gasteiger partial charge in [0.1, 0.15) is 11.4 Å². The number of amides is 1. The Hall–Kier alpha value is -3.42. The van der Waals surface area contributed by atoms with Gasteiger partial charge < -0.3 is 10.1 Å². The lowest BCUT2D eigenvalue weighted by molar-refractivity contribution is -0.114. The molecule has 174 valence electrons. The van der Waals surface area contributed by atoms with Crippen molar-refractivity contribution in [3.63, 3.8) is 0 Å². The van der Waals surface area contributed by atoms with Crippen molar-refractivity contribution in [2.24, 2.45) is 0 Å². The molecule has 6 nitrogen and oxygen atoms in total. The summed E-state index contributed by atoms with van der Waals surface area (Å²) in [6.07, 6.45) is 5.33. The van der Waals surface area contributed by atoms with Crippen molar-refractivity contribution in [3.05, 3.63) is 84.4 Å². The van der Waals surface area contributed by atoms with Crippen LogP contribution in [0, 0.1) is 0 Å². The molecule has 7 heteroatoms. The maximum Gasteiger partial charge on any atom is 0.243 e. The van der Waals surface area contributed by atoms with E-state index in [4.69, 9.17) is 4.74 Å². The van der Waals surface area contributed by atoms with E-state index in [1.54, 1.807) is 12.1 Å². The lowest BCUT2D eigenvalue weighted by Crippen LogP contribution is -2.49. The minimum absolute atomic E-state index is 0.199. The second kappa shape index (κ2) is 8.74. The molecule has 2 heterocycles. The SMILES string of the molecule is CC(=O)Nc1ccc(S(=O)(=O)N2CCC3(C=Cc4cc(-c5ccccc5)ccc4O3)CC2)cc1. The second-order valence-corrected chi connectivity index (χ2v) is 10.7. The zero-order valence-electron chi connectivity index (χ0n) is 18.9. The fourth-order valence-corrected chi connectivity index (χ4v) is 5.95. The Kier molecular flexibility index (Phi) is 5.75. The van der Waals surface area contributed by atoms with Crippen LogP contribution in [0.4, 0.5) is 5.69 Å². The first kappa shape index (κ1) is 22.4. The lowest BCUT2D eigenvalue weighted by atomic mass is 9.88. The number of nitrogens with zero attached hydrogens (tertiary/aromatic N) is 1. The van der Waals surface area contributed by atoms with E-state index in [9.17, 15) is 13.2 Å². The number of fused-ring (bicyclic) bond motifs is 1. The summed E-state index contributed by atoms with van der Waals surface area (Å²) in [5, 5.41) is 2.65. The molecule has 34 heavy (non-hydrogen) atoms. The average Bonchev–Trinajstić information content (AvgIpc) is 2.84. The summed E-state index contributed by atoms with van der Waals surface area (Å²) >= 11 is 0. The van der Waals surface area contributed by atoms with Crippen LogP contribution in [-0.4, -0.2) is 37.3 Å². The minimum atomic E-state index is -3.62. The highest BCUT2D eigenvalue weighted by Crippen LogP contribution is 2.39. The molecule has 1 saturated heterocycles. The number of benzene rings is 3. The van der Waals surface area contributed by atoms with Crippen molar-refractivity contribution in [2.45, 2.75) is 30.3 Å². The van der Waals surface area contributed by atoms with Crippen LogP contribution in [0.1, 0.15) is 25.3 Å². The van der Waals surface area contributed by atoms with E-state index in [0.717, 1.165) is 22.4 Å². The molecule has 0 bridgehead atoms. The number of hydrogen-bond acceptors (Lipinski definition) is 4. The molecular formula is C27H26N2O4S. The maximum absolute atomic E-state index is 13.1.